The fourth-order valence-corrected chi connectivity index (χ4v) is 2.29. The Labute approximate surface area is 122 Å². The van der Waals surface area contributed by atoms with Crippen LogP contribution in [0.3, 0.4) is 0 Å². The van der Waals surface area contributed by atoms with Crippen molar-refractivity contribution in [3.05, 3.63) is 12.2 Å². The molecular weight excluding hydrogens is 252 g/mol. The van der Waals surface area contributed by atoms with Crippen LogP contribution in [0, 0.1) is 33.5 Å². The minimum atomic E-state index is 0.227. The lowest BCUT2D eigenvalue weighted by atomic mass is 10.0. The van der Waals surface area contributed by atoms with Gasteiger partial charge in [0.1, 0.15) is 0 Å². The Morgan fingerprint density at radius 2 is 1.70 bits per heavy atom. The van der Waals surface area contributed by atoms with Crippen LogP contribution in [0.4, 0.5) is 0 Å². The van der Waals surface area contributed by atoms with Gasteiger partial charge in [0.05, 0.1) is 25.4 Å². The molecule has 0 aromatic rings. The average molecular weight is 276 g/mol. The van der Waals surface area contributed by atoms with Crippen molar-refractivity contribution in [2.24, 2.45) is 10.8 Å². The maximum atomic E-state index is 8.33. The summed E-state index contributed by atoms with van der Waals surface area (Å²) in [5.41, 5.74) is 0.634. The van der Waals surface area contributed by atoms with Gasteiger partial charge in [0, 0.05) is 32.1 Å². The van der Waals surface area contributed by atoms with E-state index >= 15 is 0 Å². The number of methoxy groups -OCH3 is 2. The first-order valence-electron chi connectivity index (χ1n) is 7.08. The molecule has 0 aromatic carbocycles. The predicted molar refractivity (Wildman–Crippen MR) is 76.7 cm³/mol. The van der Waals surface area contributed by atoms with Crippen LogP contribution in [0.15, 0.2) is 12.2 Å². The standard InChI is InChI=1S/C8H13NO.C8H11NO/c2*1-10-7-8(4-5-8)3-2-6-9/h2-5,7H2,1H3;2-3H,4-5,7H2,1H3/b;3-2+. The highest BCUT2D eigenvalue weighted by Gasteiger charge is 2.41. The van der Waals surface area contributed by atoms with E-state index in [-0.39, 0.29) is 5.41 Å². The molecule has 0 unspecified atom stereocenters. The van der Waals surface area contributed by atoms with E-state index < -0.39 is 0 Å². The van der Waals surface area contributed by atoms with Gasteiger partial charge in [-0.3, -0.25) is 0 Å². The van der Waals surface area contributed by atoms with Crippen molar-refractivity contribution < 1.29 is 9.47 Å². The quantitative estimate of drug-likeness (QED) is 0.670. The molecule has 2 aliphatic rings. The molecule has 2 rings (SSSR count). The number of rotatable bonds is 7. The van der Waals surface area contributed by atoms with E-state index in [2.05, 4.69) is 6.07 Å². The van der Waals surface area contributed by atoms with Crippen LogP contribution in [0.25, 0.3) is 0 Å². The largest absolute Gasteiger partial charge is 0.384 e. The molecule has 2 fully saturated rings. The Balaban J connectivity index is 0.000000200. The van der Waals surface area contributed by atoms with Crippen molar-refractivity contribution in [3.8, 4) is 12.1 Å². The van der Waals surface area contributed by atoms with Gasteiger partial charge in [-0.25, -0.2) is 0 Å². The summed E-state index contributed by atoms with van der Waals surface area (Å²) >= 11 is 0. The van der Waals surface area contributed by atoms with E-state index in [1.54, 1.807) is 20.3 Å². The summed E-state index contributed by atoms with van der Waals surface area (Å²) in [6, 6.07) is 4.15. The van der Waals surface area contributed by atoms with Crippen molar-refractivity contribution >= 4 is 0 Å². The number of nitrogens with zero attached hydrogens (tertiary/aromatic N) is 2. The number of nitriles is 2. The molecule has 0 aromatic heterocycles. The third-order valence-electron chi connectivity index (χ3n) is 4.01. The number of ether oxygens (including phenoxy) is 2. The number of hydrogen-bond acceptors (Lipinski definition) is 4. The van der Waals surface area contributed by atoms with Crippen molar-refractivity contribution in [2.75, 3.05) is 27.4 Å². The number of hydrogen-bond donors (Lipinski definition) is 0. The van der Waals surface area contributed by atoms with Gasteiger partial charge in [-0.05, 0) is 37.5 Å². The summed E-state index contributed by atoms with van der Waals surface area (Å²) in [6.45, 7) is 1.60. The molecule has 0 radical (unpaired) electrons. The van der Waals surface area contributed by atoms with Crippen LogP contribution in [0.1, 0.15) is 38.5 Å². The fourth-order valence-electron chi connectivity index (χ4n) is 2.29. The normalized spacial score (nSPS) is 20.4. The summed E-state index contributed by atoms with van der Waals surface area (Å²) in [7, 11) is 3.42. The van der Waals surface area contributed by atoms with E-state index in [1.165, 1.54) is 25.7 Å². The molecule has 0 saturated heterocycles. The second kappa shape index (κ2) is 8.04. The van der Waals surface area contributed by atoms with Crippen molar-refractivity contribution in [3.63, 3.8) is 0 Å². The molecule has 0 heterocycles. The van der Waals surface area contributed by atoms with Gasteiger partial charge < -0.3 is 9.47 Å². The molecule has 0 spiro atoms. The topological polar surface area (TPSA) is 66.0 Å². The molecule has 0 bridgehead atoms. The summed E-state index contributed by atoms with van der Waals surface area (Å²) in [6.07, 6.45) is 10.0. The first kappa shape index (κ1) is 16.7. The van der Waals surface area contributed by atoms with E-state index in [0.29, 0.717) is 11.8 Å². The molecule has 2 aliphatic carbocycles. The van der Waals surface area contributed by atoms with Crippen LogP contribution < -0.4 is 0 Å². The molecule has 20 heavy (non-hydrogen) atoms. The lowest BCUT2D eigenvalue weighted by Gasteiger charge is -2.09. The van der Waals surface area contributed by atoms with Gasteiger partial charge >= 0.3 is 0 Å². The van der Waals surface area contributed by atoms with Crippen LogP contribution in [0.2, 0.25) is 0 Å². The molecule has 0 aliphatic heterocycles. The Morgan fingerprint density at radius 3 is 2.10 bits per heavy atom. The van der Waals surface area contributed by atoms with Crippen molar-refractivity contribution in [1.29, 1.82) is 10.5 Å². The van der Waals surface area contributed by atoms with Crippen molar-refractivity contribution in [2.45, 2.75) is 38.5 Å². The first-order valence-corrected chi connectivity index (χ1v) is 7.08. The van der Waals surface area contributed by atoms with E-state index in [0.717, 1.165) is 19.6 Å². The van der Waals surface area contributed by atoms with Gasteiger partial charge in [-0.15, -0.1) is 0 Å². The Morgan fingerprint density at radius 1 is 1.05 bits per heavy atom. The molecule has 110 valence electrons. The summed E-state index contributed by atoms with van der Waals surface area (Å²) in [5.74, 6) is 0. The molecule has 4 heteroatoms. The zero-order valence-corrected chi connectivity index (χ0v) is 12.5. The second-order valence-electron chi connectivity index (χ2n) is 5.85. The summed E-state index contributed by atoms with van der Waals surface area (Å²) in [5, 5.41) is 16.6. The Kier molecular flexibility index (Phi) is 6.71. The summed E-state index contributed by atoms with van der Waals surface area (Å²) < 4.78 is 10.1. The van der Waals surface area contributed by atoms with Crippen LogP contribution in [-0.4, -0.2) is 27.4 Å². The van der Waals surface area contributed by atoms with Crippen LogP contribution in [0.5, 0.6) is 0 Å². The molecule has 0 atom stereocenters. The minimum Gasteiger partial charge on any atom is -0.384 e. The highest BCUT2D eigenvalue weighted by molar-refractivity contribution is 5.15. The van der Waals surface area contributed by atoms with Crippen LogP contribution in [-0.2, 0) is 9.47 Å². The second-order valence-corrected chi connectivity index (χ2v) is 5.85. The zero-order valence-electron chi connectivity index (χ0n) is 12.5. The van der Waals surface area contributed by atoms with Crippen molar-refractivity contribution in [1.82, 2.24) is 0 Å². The van der Waals surface area contributed by atoms with Gasteiger partial charge in [0.15, 0.2) is 0 Å². The van der Waals surface area contributed by atoms with Gasteiger partial charge in [0.25, 0.3) is 0 Å². The highest BCUT2D eigenvalue weighted by Crippen LogP contribution is 2.49. The third-order valence-corrected chi connectivity index (χ3v) is 4.01. The SMILES string of the molecule is COCC1(/C=C/C#N)CC1.COCC1(CCC#N)CC1. The van der Waals surface area contributed by atoms with E-state index in [1.807, 2.05) is 12.1 Å². The molecule has 4 nitrogen and oxygen atoms in total. The molecule has 0 N–H and O–H groups in total. The Hall–Kier alpha value is -1.36. The monoisotopic (exact) mass is 276 g/mol. The van der Waals surface area contributed by atoms with E-state index in [9.17, 15) is 0 Å². The maximum absolute atomic E-state index is 8.33. The molecular formula is C16H24N2O2. The van der Waals surface area contributed by atoms with Gasteiger partial charge in [-0.1, -0.05) is 6.08 Å². The maximum Gasteiger partial charge on any atom is 0.0908 e. The predicted octanol–water partition coefficient (Wildman–Crippen LogP) is 3.21. The lowest BCUT2D eigenvalue weighted by Crippen LogP contribution is -2.07. The highest BCUT2D eigenvalue weighted by atomic mass is 16.5. The first-order chi connectivity index (χ1) is 9.66. The van der Waals surface area contributed by atoms with Gasteiger partial charge in [-0.2, -0.15) is 10.5 Å². The molecule has 2 saturated carbocycles. The van der Waals surface area contributed by atoms with Gasteiger partial charge in [0.2, 0.25) is 0 Å². The fraction of sp³-hybridized carbons (Fsp3) is 0.750. The third kappa shape index (κ3) is 5.74. The Bertz CT molecular complexity index is 396. The summed E-state index contributed by atoms with van der Waals surface area (Å²) in [4.78, 5) is 0. The zero-order chi connectivity index (χ0) is 14.9. The number of allylic oxidation sites excluding steroid dienone is 1. The van der Waals surface area contributed by atoms with Crippen LogP contribution >= 0.6 is 0 Å². The minimum absolute atomic E-state index is 0.227. The lowest BCUT2D eigenvalue weighted by molar-refractivity contribution is 0.137. The van der Waals surface area contributed by atoms with E-state index in [4.69, 9.17) is 20.0 Å². The smallest absolute Gasteiger partial charge is 0.0908 e. The molecule has 0 amide bonds. The average Bonchev–Trinajstić information content (AvgIpc) is 3.35.